The molecule has 1 aliphatic rings. The molecular weight excluding hydrogens is 406 g/mol. The zero-order valence-corrected chi connectivity index (χ0v) is 15.5. The Balaban J connectivity index is 1.90. The predicted octanol–water partition coefficient (Wildman–Crippen LogP) is 3.12. The summed E-state index contributed by atoms with van der Waals surface area (Å²) in [4.78, 5) is 28.5. The number of aromatic nitrogens is 1. The fourth-order valence-electron chi connectivity index (χ4n) is 2.80. The second kappa shape index (κ2) is 7.79. The summed E-state index contributed by atoms with van der Waals surface area (Å²) in [6.07, 6.45) is 1.06. The van der Waals surface area contributed by atoms with Gasteiger partial charge in [-0.2, -0.15) is 0 Å². The van der Waals surface area contributed by atoms with Crippen LogP contribution in [0.15, 0.2) is 41.0 Å². The largest absolute Gasteiger partial charge is 0.465 e. The van der Waals surface area contributed by atoms with Gasteiger partial charge in [0, 0.05) is 23.3 Å². The second-order valence-corrected chi connectivity index (χ2v) is 6.59. The number of esters is 1. The van der Waals surface area contributed by atoms with E-state index >= 15 is 0 Å². The molecule has 1 aromatic carbocycles. The number of halogens is 1. The van der Waals surface area contributed by atoms with Crippen molar-refractivity contribution in [3.8, 4) is 0 Å². The Bertz CT molecular complexity index is 845. The molecule has 0 bridgehead atoms. The molecule has 26 heavy (non-hydrogen) atoms. The van der Waals surface area contributed by atoms with Crippen LogP contribution in [0.4, 0.5) is 11.5 Å². The maximum absolute atomic E-state index is 11.6. The zero-order chi connectivity index (χ0) is 18.7. The molecule has 0 N–H and O–H groups in total. The number of hydrogen-bond acceptors (Lipinski definition) is 7. The van der Waals surface area contributed by atoms with Crippen LogP contribution in [0.2, 0.25) is 0 Å². The van der Waals surface area contributed by atoms with Crippen LogP contribution in [-0.4, -0.2) is 42.7 Å². The van der Waals surface area contributed by atoms with Crippen molar-refractivity contribution in [2.24, 2.45) is 0 Å². The molecule has 1 atom stereocenters. The normalized spacial score (nSPS) is 17.0. The smallest absolute Gasteiger partial charge is 0.339 e. The number of ether oxygens (including phenoxy) is 2. The van der Waals surface area contributed by atoms with E-state index < -0.39 is 10.9 Å². The number of carbonyl (C=O) groups is 1. The summed E-state index contributed by atoms with van der Waals surface area (Å²) < 4.78 is 11.4. The van der Waals surface area contributed by atoms with E-state index in [-0.39, 0.29) is 23.2 Å². The second-order valence-electron chi connectivity index (χ2n) is 5.68. The first kappa shape index (κ1) is 18.3. The van der Waals surface area contributed by atoms with Gasteiger partial charge in [0.2, 0.25) is 5.82 Å². The summed E-state index contributed by atoms with van der Waals surface area (Å²) in [5.41, 5.74) is 0.778. The van der Waals surface area contributed by atoms with E-state index in [9.17, 15) is 14.9 Å². The minimum atomic E-state index is -0.666. The average Bonchev–Trinajstić information content (AvgIpc) is 2.67. The van der Waals surface area contributed by atoms with Gasteiger partial charge in [-0.15, -0.1) is 0 Å². The number of morpholine rings is 1. The Labute approximate surface area is 158 Å². The number of methoxy groups -OCH3 is 1. The van der Waals surface area contributed by atoms with E-state index in [0.717, 1.165) is 10.0 Å². The number of hydrogen-bond donors (Lipinski definition) is 0. The number of rotatable bonds is 4. The van der Waals surface area contributed by atoms with Gasteiger partial charge in [-0.1, -0.05) is 28.1 Å². The Morgan fingerprint density at radius 2 is 2.27 bits per heavy atom. The number of nitro groups is 1. The summed E-state index contributed by atoms with van der Waals surface area (Å²) in [6, 6.07) is 8.92. The maximum Gasteiger partial charge on any atom is 0.339 e. The monoisotopic (exact) mass is 421 g/mol. The molecule has 1 aliphatic heterocycles. The highest BCUT2D eigenvalue weighted by Crippen LogP contribution is 2.32. The minimum absolute atomic E-state index is 0.0414. The molecule has 1 fully saturated rings. The first-order valence-corrected chi connectivity index (χ1v) is 8.63. The van der Waals surface area contributed by atoms with Crippen molar-refractivity contribution < 1.29 is 19.2 Å². The third-order valence-corrected chi connectivity index (χ3v) is 4.54. The van der Waals surface area contributed by atoms with Gasteiger partial charge in [0.05, 0.1) is 30.7 Å². The molecule has 1 unspecified atom stereocenters. The maximum atomic E-state index is 11.6. The lowest BCUT2D eigenvalue weighted by molar-refractivity contribution is -0.384. The van der Waals surface area contributed by atoms with E-state index in [0.29, 0.717) is 19.7 Å². The zero-order valence-electron chi connectivity index (χ0n) is 13.9. The van der Waals surface area contributed by atoms with Crippen LogP contribution in [-0.2, 0) is 9.47 Å². The Morgan fingerprint density at radius 3 is 2.96 bits per heavy atom. The van der Waals surface area contributed by atoms with Crippen molar-refractivity contribution in [3.05, 3.63) is 62.2 Å². The molecule has 8 nitrogen and oxygen atoms in total. The molecule has 3 rings (SSSR count). The molecule has 9 heteroatoms. The van der Waals surface area contributed by atoms with Crippen molar-refractivity contribution in [1.82, 2.24) is 4.98 Å². The third-order valence-electron chi connectivity index (χ3n) is 4.05. The fraction of sp³-hybridized carbons (Fsp3) is 0.294. The SMILES string of the molecule is COC(=O)c1cnc(N2CCOC(c3cccc(Br)c3)C2)c([N+](=O)[O-])c1. The van der Waals surface area contributed by atoms with Gasteiger partial charge in [-0.3, -0.25) is 10.1 Å². The van der Waals surface area contributed by atoms with Gasteiger partial charge >= 0.3 is 11.7 Å². The number of pyridine rings is 1. The van der Waals surface area contributed by atoms with Crippen LogP contribution in [0, 0.1) is 10.1 Å². The lowest BCUT2D eigenvalue weighted by atomic mass is 10.1. The Kier molecular flexibility index (Phi) is 5.48. The molecule has 1 aromatic heterocycles. The van der Waals surface area contributed by atoms with Crippen LogP contribution in [0.1, 0.15) is 22.0 Å². The Hall–Kier alpha value is -2.52. The van der Waals surface area contributed by atoms with Crippen LogP contribution in [0.5, 0.6) is 0 Å². The van der Waals surface area contributed by atoms with Gasteiger partial charge in [-0.25, -0.2) is 9.78 Å². The van der Waals surface area contributed by atoms with Crippen molar-refractivity contribution in [2.75, 3.05) is 31.7 Å². The Morgan fingerprint density at radius 1 is 1.46 bits per heavy atom. The number of nitrogens with zero attached hydrogens (tertiary/aromatic N) is 3. The standard InChI is InChI=1S/C17H16BrN3O5/c1-25-17(22)12-8-14(21(23)24)16(19-9-12)20-5-6-26-15(10-20)11-3-2-4-13(18)7-11/h2-4,7-9,15H,5-6,10H2,1H3. The molecular formula is C17H16BrN3O5. The molecule has 0 amide bonds. The van der Waals surface area contributed by atoms with Gasteiger partial charge < -0.3 is 14.4 Å². The van der Waals surface area contributed by atoms with Crippen LogP contribution in [0.3, 0.4) is 0 Å². The average molecular weight is 422 g/mol. The van der Waals surface area contributed by atoms with E-state index in [4.69, 9.17) is 4.74 Å². The van der Waals surface area contributed by atoms with Gasteiger partial charge in [0.15, 0.2) is 0 Å². The van der Waals surface area contributed by atoms with Gasteiger partial charge in [0.1, 0.15) is 6.10 Å². The number of benzene rings is 1. The molecule has 2 aromatic rings. The number of carbonyl (C=O) groups excluding carboxylic acids is 1. The predicted molar refractivity (Wildman–Crippen MR) is 97.3 cm³/mol. The molecule has 2 heterocycles. The number of anilines is 1. The van der Waals surface area contributed by atoms with Gasteiger partial charge in [0.25, 0.3) is 0 Å². The lowest BCUT2D eigenvalue weighted by Crippen LogP contribution is -2.39. The molecule has 136 valence electrons. The summed E-state index contributed by atoms with van der Waals surface area (Å²) in [6.45, 7) is 1.30. The molecule has 0 spiro atoms. The van der Waals surface area contributed by atoms with Crippen molar-refractivity contribution in [3.63, 3.8) is 0 Å². The van der Waals surface area contributed by atoms with E-state index in [1.54, 1.807) is 4.90 Å². The van der Waals surface area contributed by atoms with E-state index in [1.165, 1.54) is 19.4 Å². The van der Waals surface area contributed by atoms with Crippen LogP contribution < -0.4 is 4.90 Å². The third kappa shape index (κ3) is 3.83. The summed E-state index contributed by atoms with van der Waals surface area (Å²) >= 11 is 3.43. The van der Waals surface area contributed by atoms with E-state index in [2.05, 4.69) is 25.7 Å². The van der Waals surface area contributed by atoms with Gasteiger partial charge in [-0.05, 0) is 17.7 Å². The first-order chi connectivity index (χ1) is 12.5. The first-order valence-electron chi connectivity index (χ1n) is 7.84. The van der Waals surface area contributed by atoms with E-state index in [1.807, 2.05) is 24.3 Å². The highest BCUT2D eigenvalue weighted by Gasteiger charge is 2.29. The summed E-state index contributed by atoms with van der Waals surface area (Å²) in [7, 11) is 1.21. The fourth-order valence-corrected chi connectivity index (χ4v) is 3.22. The quantitative estimate of drug-likeness (QED) is 0.425. The van der Waals surface area contributed by atoms with Crippen molar-refractivity contribution in [2.45, 2.75) is 6.10 Å². The van der Waals surface area contributed by atoms with Crippen molar-refractivity contribution >= 4 is 33.4 Å². The summed E-state index contributed by atoms with van der Waals surface area (Å²) in [5.74, 6) is -0.452. The summed E-state index contributed by atoms with van der Waals surface area (Å²) in [5, 5.41) is 11.5. The topological polar surface area (TPSA) is 94.8 Å². The van der Waals surface area contributed by atoms with Crippen molar-refractivity contribution in [1.29, 1.82) is 0 Å². The molecule has 0 aliphatic carbocycles. The molecule has 0 radical (unpaired) electrons. The van der Waals surface area contributed by atoms with Crippen LogP contribution in [0.25, 0.3) is 0 Å². The molecule has 0 saturated carbocycles. The highest BCUT2D eigenvalue weighted by atomic mass is 79.9. The molecule has 1 saturated heterocycles. The lowest BCUT2D eigenvalue weighted by Gasteiger charge is -2.33. The minimum Gasteiger partial charge on any atom is -0.465 e. The van der Waals surface area contributed by atoms with Crippen LogP contribution >= 0.6 is 15.9 Å². The highest BCUT2D eigenvalue weighted by molar-refractivity contribution is 9.10.